The van der Waals surface area contributed by atoms with Gasteiger partial charge in [0.05, 0.1) is 22.1 Å². The average molecular weight is 765 g/mol. The molecule has 2 atom stereocenters. The fraction of sp³-hybridized carbons (Fsp3) is 0.0357. The Labute approximate surface area is 342 Å². The Morgan fingerprint density at radius 3 is 1.73 bits per heavy atom. The van der Waals surface area contributed by atoms with Gasteiger partial charge in [0.1, 0.15) is 23.0 Å². The van der Waals surface area contributed by atoms with E-state index in [2.05, 4.69) is 185 Å². The zero-order chi connectivity index (χ0) is 38.8. The Balaban J connectivity index is 1.07. The van der Waals surface area contributed by atoms with Crippen LogP contribution in [0.3, 0.4) is 0 Å². The molecule has 2 unspecified atom stereocenters. The first kappa shape index (κ1) is 31.2. The molecule has 13 aromatic rings. The van der Waals surface area contributed by atoms with Gasteiger partial charge in [0.25, 0.3) is 0 Å². The number of furan rings is 1. The van der Waals surface area contributed by atoms with Crippen molar-refractivity contribution < 1.29 is 9.15 Å². The fourth-order valence-corrected chi connectivity index (χ4v) is 11.3. The van der Waals surface area contributed by atoms with Gasteiger partial charge in [-0.3, -0.25) is 0 Å². The van der Waals surface area contributed by atoms with Crippen LogP contribution >= 0.6 is 0 Å². The molecule has 0 bridgehead atoms. The van der Waals surface area contributed by atoms with Crippen molar-refractivity contribution in [3.8, 4) is 11.4 Å². The number of nitrogens with zero attached hydrogens (tertiary/aromatic N) is 2. The molecule has 10 aromatic carbocycles. The molecular weight excluding hydrogens is 733 g/mol. The summed E-state index contributed by atoms with van der Waals surface area (Å²) in [7, 11) is 0. The maximum Gasteiger partial charge on any atom is 0.135 e. The van der Waals surface area contributed by atoms with Gasteiger partial charge < -0.3 is 18.3 Å². The summed E-state index contributed by atoms with van der Waals surface area (Å²) in [5.41, 5.74) is 10.2. The molecule has 0 N–H and O–H groups in total. The molecule has 0 fully saturated rings. The van der Waals surface area contributed by atoms with Crippen LogP contribution in [0.2, 0.25) is 0 Å². The normalized spacial score (nSPS) is 16.5. The number of benzene rings is 10. The van der Waals surface area contributed by atoms with Gasteiger partial charge in [0.2, 0.25) is 0 Å². The van der Waals surface area contributed by atoms with Crippen LogP contribution < -0.4 is 4.74 Å². The molecule has 4 nitrogen and oxygen atoms in total. The monoisotopic (exact) mass is 764 g/mol. The summed E-state index contributed by atoms with van der Waals surface area (Å²) < 4.78 is 17.6. The second-order valence-electron chi connectivity index (χ2n) is 16.7. The van der Waals surface area contributed by atoms with E-state index in [4.69, 9.17) is 9.15 Å². The molecule has 4 heterocycles. The lowest BCUT2D eigenvalue weighted by Gasteiger charge is -2.21. The SMILES string of the molecule is C1=CC2Oc3ccccc3C2C=C1n1c2ccccc2c2c3cccc4c5cc6c(c7cccc(c(cc21)c43)c57)c1ccccc1n6-c1ccc2oc3ccccc3c2c1. The molecule has 0 amide bonds. The van der Waals surface area contributed by atoms with Crippen LogP contribution in [-0.4, -0.2) is 15.2 Å². The number of aromatic nitrogens is 2. The molecule has 2 aliphatic rings. The molecule has 0 saturated carbocycles. The second kappa shape index (κ2) is 11.0. The maximum atomic E-state index is 6.40. The lowest BCUT2D eigenvalue weighted by atomic mass is 9.87. The molecule has 1 aliphatic carbocycles. The highest BCUT2D eigenvalue weighted by Crippen LogP contribution is 2.50. The minimum absolute atomic E-state index is 0.00843. The average Bonchev–Trinajstić information content (AvgIpc) is 4.05. The molecule has 3 aromatic heterocycles. The highest BCUT2D eigenvalue weighted by atomic mass is 16.5. The van der Waals surface area contributed by atoms with E-state index >= 15 is 0 Å². The van der Waals surface area contributed by atoms with Gasteiger partial charge in [-0.25, -0.2) is 0 Å². The third-order valence-corrected chi connectivity index (χ3v) is 13.8. The van der Waals surface area contributed by atoms with Crippen molar-refractivity contribution >= 4 is 114 Å². The lowest BCUT2D eigenvalue weighted by Crippen LogP contribution is -2.18. The summed E-state index contributed by atoms with van der Waals surface area (Å²) in [6.07, 6.45) is 6.94. The Bertz CT molecular complexity index is 4120. The van der Waals surface area contributed by atoms with Crippen molar-refractivity contribution in [3.05, 3.63) is 188 Å². The summed E-state index contributed by atoms with van der Waals surface area (Å²) in [4.78, 5) is 0. The standard InChI is InChI=1S/C56H32N2O2/c1-5-19-45-37(13-1)55-39-17-9-15-35-44-30-48-56(38-14-2-6-20-46(38)58(48)32-24-26-52-42(28-32)34-12-4-8-22-50(34)60-52)40-18-10-16-36(54(40)44)43(53(35)39)29-47(55)57(45)31-23-25-51-41(27-31)33-11-3-7-21-49(33)59-51/h1-30,41,51H. The van der Waals surface area contributed by atoms with Gasteiger partial charge in [-0.2, -0.15) is 0 Å². The van der Waals surface area contributed by atoms with Crippen LogP contribution in [-0.2, 0) is 0 Å². The van der Waals surface area contributed by atoms with Crippen LogP contribution in [0.25, 0.3) is 120 Å². The van der Waals surface area contributed by atoms with Crippen molar-refractivity contribution in [1.29, 1.82) is 0 Å². The third kappa shape index (κ3) is 3.82. The first-order valence-electron chi connectivity index (χ1n) is 20.8. The number of fused-ring (bicyclic) bond motifs is 16. The van der Waals surface area contributed by atoms with Gasteiger partial charge in [-0.1, -0.05) is 109 Å². The number of allylic oxidation sites excluding steroid dienone is 2. The lowest BCUT2D eigenvalue weighted by molar-refractivity contribution is 0.269. The Morgan fingerprint density at radius 1 is 0.400 bits per heavy atom. The highest BCUT2D eigenvalue weighted by Gasteiger charge is 2.34. The van der Waals surface area contributed by atoms with Crippen LogP contribution in [0.15, 0.2) is 186 Å². The van der Waals surface area contributed by atoms with Crippen molar-refractivity contribution in [2.75, 3.05) is 0 Å². The third-order valence-electron chi connectivity index (χ3n) is 13.8. The van der Waals surface area contributed by atoms with E-state index in [1.165, 1.54) is 98.0 Å². The topological polar surface area (TPSA) is 32.2 Å². The first-order valence-corrected chi connectivity index (χ1v) is 20.8. The van der Waals surface area contributed by atoms with E-state index in [0.717, 1.165) is 33.4 Å². The summed E-state index contributed by atoms with van der Waals surface area (Å²) in [5.74, 6) is 1.14. The van der Waals surface area contributed by atoms with E-state index in [9.17, 15) is 0 Å². The van der Waals surface area contributed by atoms with Crippen molar-refractivity contribution in [2.45, 2.75) is 12.0 Å². The van der Waals surface area contributed by atoms with Crippen LogP contribution in [0.4, 0.5) is 0 Å². The van der Waals surface area contributed by atoms with Crippen molar-refractivity contribution in [2.24, 2.45) is 0 Å². The molecular formula is C56H32N2O2. The molecule has 1 aliphatic heterocycles. The Morgan fingerprint density at radius 2 is 0.983 bits per heavy atom. The number of ether oxygens (including phenoxy) is 1. The number of rotatable bonds is 2. The zero-order valence-corrected chi connectivity index (χ0v) is 32.2. The molecule has 60 heavy (non-hydrogen) atoms. The molecule has 278 valence electrons. The predicted molar refractivity (Wildman–Crippen MR) is 249 cm³/mol. The maximum absolute atomic E-state index is 6.40. The van der Waals surface area contributed by atoms with E-state index in [-0.39, 0.29) is 12.0 Å². The summed E-state index contributed by atoms with van der Waals surface area (Å²) >= 11 is 0. The summed E-state index contributed by atoms with van der Waals surface area (Å²) in [6, 6.07) is 60.1. The first-order chi connectivity index (χ1) is 29.8. The van der Waals surface area contributed by atoms with E-state index < -0.39 is 0 Å². The quantitative estimate of drug-likeness (QED) is 0.130. The minimum Gasteiger partial charge on any atom is -0.485 e. The second-order valence-corrected chi connectivity index (χ2v) is 16.7. The molecule has 4 heteroatoms. The largest absolute Gasteiger partial charge is 0.485 e. The van der Waals surface area contributed by atoms with Crippen LogP contribution in [0.5, 0.6) is 5.75 Å². The molecule has 0 spiro atoms. The van der Waals surface area contributed by atoms with Gasteiger partial charge in [0.15, 0.2) is 0 Å². The number of para-hydroxylation sites is 4. The Kier molecular flexibility index (Phi) is 5.73. The smallest absolute Gasteiger partial charge is 0.135 e. The minimum atomic E-state index is 0.00843. The van der Waals surface area contributed by atoms with Crippen molar-refractivity contribution in [1.82, 2.24) is 9.13 Å². The summed E-state index contributed by atoms with van der Waals surface area (Å²) in [6.45, 7) is 0. The summed E-state index contributed by atoms with van der Waals surface area (Å²) in [5, 5.41) is 17.6. The van der Waals surface area contributed by atoms with E-state index in [0.29, 0.717) is 0 Å². The highest BCUT2D eigenvalue weighted by molar-refractivity contribution is 6.41. The van der Waals surface area contributed by atoms with Crippen molar-refractivity contribution in [3.63, 3.8) is 0 Å². The molecule has 0 radical (unpaired) electrons. The molecule has 0 saturated heterocycles. The van der Waals surface area contributed by atoms with Gasteiger partial charge in [-0.05, 0) is 116 Å². The predicted octanol–water partition coefficient (Wildman–Crippen LogP) is 14.8. The fourth-order valence-electron chi connectivity index (χ4n) is 11.3. The van der Waals surface area contributed by atoms with Gasteiger partial charge >= 0.3 is 0 Å². The van der Waals surface area contributed by atoms with Gasteiger partial charge in [0, 0.05) is 55.2 Å². The zero-order valence-electron chi connectivity index (χ0n) is 32.2. The van der Waals surface area contributed by atoms with Gasteiger partial charge in [-0.15, -0.1) is 0 Å². The van der Waals surface area contributed by atoms with Crippen LogP contribution in [0.1, 0.15) is 11.5 Å². The number of hydrogen-bond acceptors (Lipinski definition) is 2. The van der Waals surface area contributed by atoms with E-state index in [1.807, 2.05) is 6.07 Å². The Hall–Kier alpha value is -7.82. The van der Waals surface area contributed by atoms with Crippen LogP contribution in [0, 0.1) is 0 Å². The number of hydrogen-bond donors (Lipinski definition) is 0. The molecule has 15 rings (SSSR count). The van der Waals surface area contributed by atoms with E-state index in [1.54, 1.807) is 0 Å².